The molecule has 0 aliphatic heterocycles. The van der Waals surface area contributed by atoms with Crippen LogP contribution in [-0.4, -0.2) is 39.3 Å². The van der Waals surface area contributed by atoms with E-state index in [0.29, 0.717) is 24.7 Å². The van der Waals surface area contributed by atoms with Gasteiger partial charge in [-0.3, -0.25) is 4.79 Å². The third-order valence-corrected chi connectivity index (χ3v) is 3.92. The zero-order valence-corrected chi connectivity index (χ0v) is 15.8. The average molecular weight is 397 g/mol. The molecule has 2 aromatic carbocycles. The second kappa shape index (κ2) is 9.98. The number of nitrogens with one attached hydrogen (secondary N) is 2. The van der Waals surface area contributed by atoms with Crippen LogP contribution < -0.4 is 19.7 Å². The Kier molecular flexibility index (Phi) is 7.69. The minimum atomic E-state index is -4.41. The van der Waals surface area contributed by atoms with Crippen molar-refractivity contribution in [3.8, 4) is 11.5 Å². The van der Waals surface area contributed by atoms with Crippen molar-refractivity contribution in [3.05, 3.63) is 59.7 Å². The summed E-state index contributed by atoms with van der Waals surface area (Å²) in [5, 5.41) is 1.87. The van der Waals surface area contributed by atoms with E-state index in [1.165, 1.54) is 7.11 Å². The normalized spacial score (nSPS) is 12.3. The van der Waals surface area contributed by atoms with Crippen molar-refractivity contribution in [1.29, 1.82) is 0 Å². The van der Waals surface area contributed by atoms with Gasteiger partial charge in [0.1, 0.15) is 19.7 Å². The minimum absolute atomic E-state index is 0.0648. The predicted octanol–water partition coefficient (Wildman–Crippen LogP) is 1.97. The molecule has 0 aliphatic rings. The summed E-state index contributed by atoms with van der Waals surface area (Å²) in [5.41, 5.74) is 1.91. The largest absolute Gasteiger partial charge is 0.493 e. The highest BCUT2D eigenvalue weighted by molar-refractivity contribution is 5.76. The Morgan fingerprint density at radius 2 is 1.79 bits per heavy atom. The van der Waals surface area contributed by atoms with Crippen LogP contribution in [0, 0.1) is 0 Å². The number of hydrogen-bond acceptors (Lipinski definition) is 3. The lowest BCUT2D eigenvalue weighted by Crippen LogP contribution is -3.08. The molecule has 0 fully saturated rings. The van der Waals surface area contributed by atoms with Gasteiger partial charge in [-0.15, -0.1) is 0 Å². The Hall–Kier alpha value is -2.74. The van der Waals surface area contributed by atoms with Crippen molar-refractivity contribution in [2.75, 3.05) is 27.2 Å². The summed E-state index contributed by atoms with van der Waals surface area (Å²) in [6.07, 6.45) is -4.41. The summed E-state index contributed by atoms with van der Waals surface area (Å²) in [6.45, 7) is -0.527. The zero-order chi connectivity index (χ0) is 20.6. The molecule has 8 heteroatoms. The molecule has 0 spiro atoms. The molecule has 0 saturated carbocycles. The molecule has 2 rings (SSSR count). The molecule has 0 heterocycles. The first kappa shape index (κ1) is 21.6. The summed E-state index contributed by atoms with van der Waals surface area (Å²) in [6, 6.07) is 15.2. The van der Waals surface area contributed by atoms with Crippen molar-refractivity contribution >= 4 is 5.91 Å². The SMILES string of the molecule is COc1cc(C[NH+](C)CC(=O)NCC(F)(F)F)ccc1OCc1ccccc1. The summed E-state index contributed by atoms with van der Waals surface area (Å²) >= 11 is 0. The Morgan fingerprint density at radius 1 is 1.07 bits per heavy atom. The van der Waals surface area contributed by atoms with Gasteiger partial charge in [-0.05, 0) is 23.8 Å². The molecular formula is C20H24F3N2O3+. The molecule has 1 atom stereocenters. The Labute approximate surface area is 162 Å². The van der Waals surface area contributed by atoms with Crippen molar-refractivity contribution in [2.45, 2.75) is 19.3 Å². The number of halogens is 3. The van der Waals surface area contributed by atoms with Crippen LogP contribution in [0.2, 0.25) is 0 Å². The van der Waals surface area contributed by atoms with Gasteiger partial charge in [0, 0.05) is 5.56 Å². The zero-order valence-electron chi connectivity index (χ0n) is 15.8. The molecule has 2 aromatic rings. The average Bonchev–Trinajstić information content (AvgIpc) is 2.65. The lowest BCUT2D eigenvalue weighted by molar-refractivity contribution is -0.885. The molecular weight excluding hydrogens is 373 g/mol. The number of alkyl halides is 3. The first-order valence-corrected chi connectivity index (χ1v) is 8.75. The van der Waals surface area contributed by atoms with Gasteiger partial charge in [-0.1, -0.05) is 30.3 Å². The smallest absolute Gasteiger partial charge is 0.405 e. The van der Waals surface area contributed by atoms with Crippen LogP contribution in [0.1, 0.15) is 11.1 Å². The number of carbonyl (C=O) groups is 1. The van der Waals surface area contributed by atoms with E-state index in [4.69, 9.17) is 9.47 Å². The number of methoxy groups -OCH3 is 1. The van der Waals surface area contributed by atoms with Crippen LogP contribution in [0.3, 0.4) is 0 Å². The highest BCUT2D eigenvalue weighted by Crippen LogP contribution is 2.28. The highest BCUT2D eigenvalue weighted by Gasteiger charge is 2.28. The molecule has 0 saturated heterocycles. The standard InChI is InChI=1S/C20H23F3N2O3/c1-25(12-19(26)24-14-20(21,22)23)11-16-8-9-17(18(10-16)27-2)28-13-15-6-4-3-5-7-15/h3-10H,11-14H2,1-2H3,(H,24,26)/p+1. The Morgan fingerprint density at radius 3 is 2.43 bits per heavy atom. The topological polar surface area (TPSA) is 52.0 Å². The van der Waals surface area contributed by atoms with Crippen molar-refractivity contribution < 1.29 is 32.3 Å². The third-order valence-electron chi connectivity index (χ3n) is 3.92. The second-order valence-corrected chi connectivity index (χ2v) is 6.46. The Bertz CT molecular complexity index is 767. The van der Waals surface area contributed by atoms with Gasteiger partial charge in [0.25, 0.3) is 5.91 Å². The van der Waals surface area contributed by atoms with Crippen LogP contribution >= 0.6 is 0 Å². The number of hydrogen-bond donors (Lipinski definition) is 2. The van der Waals surface area contributed by atoms with Gasteiger partial charge < -0.3 is 19.7 Å². The van der Waals surface area contributed by atoms with E-state index in [-0.39, 0.29) is 6.54 Å². The van der Waals surface area contributed by atoms with Crippen molar-refractivity contribution in [2.24, 2.45) is 0 Å². The lowest BCUT2D eigenvalue weighted by atomic mass is 10.2. The Balaban J connectivity index is 1.90. The molecule has 2 N–H and O–H groups in total. The summed E-state index contributed by atoms with van der Waals surface area (Å²) in [5.74, 6) is 0.503. The number of carbonyl (C=O) groups excluding carboxylic acids is 1. The minimum Gasteiger partial charge on any atom is -0.493 e. The molecule has 0 aromatic heterocycles. The summed E-state index contributed by atoms with van der Waals surface area (Å²) in [7, 11) is 3.27. The molecule has 152 valence electrons. The fourth-order valence-electron chi connectivity index (χ4n) is 2.62. The lowest BCUT2D eigenvalue weighted by Gasteiger charge is -2.16. The van der Waals surface area contributed by atoms with E-state index in [2.05, 4.69) is 0 Å². The molecule has 0 aliphatic carbocycles. The number of quaternary nitrogens is 1. The molecule has 1 amide bonds. The van der Waals surface area contributed by atoms with E-state index < -0.39 is 18.6 Å². The first-order chi connectivity index (χ1) is 13.3. The summed E-state index contributed by atoms with van der Waals surface area (Å²) in [4.78, 5) is 12.4. The fraction of sp³-hybridized carbons (Fsp3) is 0.350. The van der Waals surface area contributed by atoms with E-state index >= 15 is 0 Å². The van der Waals surface area contributed by atoms with Crippen LogP contribution in [0.5, 0.6) is 11.5 Å². The number of benzene rings is 2. The van der Waals surface area contributed by atoms with E-state index in [9.17, 15) is 18.0 Å². The molecule has 1 unspecified atom stereocenters. The van der Waals surface area contributed by atoms with Gasteiger partial charge >= 0.3 is 6.18 Å². The maximum atomic E-state index is 12.1. The van der Waals surface area contributed by atoms with Gasteiger partial charge in [0.2, 0.25) is 0 Å². The predicted molar refractivity (Wildman–Crippen MR) is 98.3 cm³/mol. The van der Waals surface area contributed by atoms with Crippen LogP contribution in [-0.2, 0) is 17.9 Å². The van der Waals surface area contributed by atoms with Crippen LogP contribution in [0.15, 0.2) is 48.5 Å². The van der Waals surface area contributed by atoms with E-state index in [1.807, 2.05) is 41.7 Å². The van der Waals surface area contributed by atoms with Gasteiger partial charge in [-0.25, -0.2) is 0 Å². The highest BCUT2D eigenvalue weighted by atomic mass is 19.4. The first-order valence-electron chi connectivity index (χ1n) is 8.75. The number of likely N-dealkylation sites (N-methyl/N-ethyl adjacent to an activating group) is 1. The number of rotatable bonds is 9. The molecule has 0 radical (unpaired) electrons. The number of ether oxygens (including phenoxy) is 2. The molecule has 0 bridgehead atoms. The summed E-state index contributed by atoms with van der Waals surface area (Å²) < 4.78 is 47.6. The van der Waals surface area contributed by atoms with Gasteiger partial charge in [0.15, 0.2) is 18.0 Å². The van der Waals surface area contributed by atoms with Gasteiger partial charge in [-0.2, -0.15) is 13.2 Å². The van der Waals surface area contributed by atoms with Crippen molar-refractivity contribution in [3.63, 3.8) is 0 Å². The molecule has 5 nitrogen and oxygen atoms in total. The van der Waals surface area contributed by atoms with E-state index in [1.54, 1.807) is 19.2 Å². The van der Waals surface area contributed by atoms with Crippen LogP contribution in [0.25, 0.3) is 0 Å². The third kappa shape index (κ3) is 7.48. The van der Waals surface area contributed by atoms with Crippen LogP contribution in [0.4, 0.5) is 13.2 Å². The maximum absolute atomic E-state index is 12.1. The fourth-order valence-corrected chi connectivity index (χ4v) is 2.62. The quantitative estimate of drug-likeness (QED) is 0.680. The monoisotopic (exact) mass is 397 g/mol. The second-order valence-electron chi connectivity index (χ2n) is 6.46. The number of amides is 1. The molecule has 28 heavy (non-hydrogen) atoms. The van der Waals surface area contributed by atoms with E-state index in [0.717, 1.165) is 16.0 Å². The maximum Gasteiger partial charge on any atom is 0.405 e. The van der Waals surface area contributed by atoms with Crippen molar-refractivity contribution in [1.82, 2.24) is 5.32 Å². The van der Waals surface area contributed by atoms with Gasteiger partial charge in [0.05, 0.1) is 14.2 Å².